The van der Waals surface area contributed by atoms with Gasteiger partial charge in [0.2, 0.25) is 0 Å². The summed E-state index contributed by atoms with van der Waals surface area (Å²) in [7, 11) is -2.46. The van der Waals surface area contributed by atoms with Crippen molar-refractivity contribution >= 4 is 61.5 Å². The minimum Gasteiger partial charge on any atom is -0.385 e. The van der Waals surface area contributed by atoms with Crippen LogP contribution in [0.25, 0.3) is 6.08 Å². The molecule has 0 aromatic heterocycles. The molecule has 2 aromatic carbocycles. The summed E-state index contributed by atoms with van der Waals surface area (Å²) >= 11 is 2.79. The van der Waals surface area contributed by atoms with E-state index in [1.807, 2.05) is 22.6 Å². The fourth-order valence-electron chi connectivity index (χ4n) is 2.66. The number of hydrogen-bond donors (Lipinski definition) is 0. The fourth-order valence-corrected chi connectivity index (χ4v) is 5.40. The number of rotatable bonds is 7. The van der Waals surface area contributed by atoms with E-state index in [0.29, 0.717) is 16.6 Å². The van der Waals surface area contributed by atoms with Gasteiger partial charge in [-0.3, -0.25) is 9.69 Å². The molecule has 1 amide bonds. The molecule has 10 heteroatoms. The highest BCUT2D eigenvalue weighted by Crippen LogP contribution is 2.34. The number of amidine groups is 1. The van der Waals surface area contributed by atoms with Gasteiger partial charge in [-0.15, -0.1) is 4.40 Å². The number of methoxy groups -OCH3 is 1. The first-order valence-electron chi connectivity index (χ1n) is 8.88. The molecule has 6 nitrogen and oxygen atoms in total. The highest BCUT2D eigenvalue weighted by atomic mass is 127. The summed E-state index contributed by atoms with van der Waals surface area (Å²) in [6, 6.07) is 12.6. The molecular weight excluding hydrogens is 542 g/mol. The second-order valence-corrected chi connectivity index (χ2v) is 9.99. The van der Waals surface area contributed by atoms with Crippen LogP contribution in [0.1, 0.15) is 12.0 Å². The van der Waals surface area contributed by atoms with Crippen LogP contribution >= 0.6 is 34.4 Å². The van der Waals surface area contributed by atoms with E-state index < -0.39 is 21.7 Å². The van der Waals surface area contributed by atoms with Crippen LogP contribution in [0.15, 0.2) is 62.7 Å². The molecule has 0 atom stereocenters. The van der Waals surface area contributed by atoms with E-state index in [9.17, 15) is 17.6 Å². The van der Waals surface area contributed by atoms with E-state index in [1.54, 1.807) is 43.5 Å². The molecule has 2 aromatic rings. The zero-order valence-electron chi connectivity index (χ0n) is 15.9. The first kappa shape index (κ1) is 22.9. The van der Waals surface area contributed by atoms with Crippen molar-refractivity contribution < 1.29 is 22.3 Å². The summed E-state index contributed by atoms with van der Waals surface area (Å²) in [5.74, 6) is -0.858. The van der Waals surface area contributed by atoms with Crippen LogP contribution in [0.3, 0.4) is 0 Å². The van der Waals surface area contributed by atoms with E-state index >= 15 is 0 Å². The van der Waals surface area contributed by atoms with Gasteiger partial charge in [0.15, 0.2) is 5.17 Å². The van der Waals surface area contributed by atoms with Gasteiger partial charge < -0.3 is 4.74 Å². The molecule has 1 aliphatic rings. The summed E-state index contributed by atoms with van der Waals surface area (Å²) in [4.78, 5) is 14.5. The first-order valence-corrected chi connectivity index (χ1v) is 12.2. The van der Waals surface area contributed by atoms with Crippen molar-refractivity contribution in [2.24, 2.45) is 4.40 Å². The molecule has 0 radical (unpaired) electrons. The molecule has 0 spiro atoms. The number of sulfonamides is 1. The Hall–Kier alpha value is -1.76. The largest absolute Gasteiger partial charge is 0.385 e. The number of ether oxygens (including phenoxy) is 1. The molecule has 30 heavy (non-hydrogen) atoms. The van der Waals surface area contributed by atoms with Gasteiger partial charge in [0.05, 0.1) is 9.80 Å². The number of thioether (sulfide) groups is 1. The Morgan fingerprint density at radius 3 is 2.63 bits per heavy atom. The summed E-state index contributed by atoms with van der Waals surface area (Å²) in [6.07, 6.45) is 1.92. The third-order valence-corrected chi connectivity index (χ3v) is 7.36. The standard InChI is InChI=1S/C20H18FIN2O4S2/c1-28-12-6-11-24-19(25)17(13-14-7-5-10-16(22)18(14)21)29-20(24)23-30(26,27)15-8-3-2-4-9-15/h2-5,7-10,13H,6,11-12H2,1H3/b17-13-,23-20+. The van der Waals surface area contributed by atoms with Crippen molar-refractivity contribution in [1.29, 1.82) is 0 Å². The van der Waals surface area contributed by atoms with E-state index in [0.717, 1.165) is 11.8 Å². The highest BCUT2D eigenvalue weighted by Gasteiger charge is 2.35. The third kappa shape index (κ3) is 5.29. The molecule has 0 N–H and O–H groups in total. The quantitative estimate of drug-likeness (QED) is 0.289. The summed E-state index contributed by atoms with van der Waals surface area (Å²) in [5.41, 5.74) is 0.252. The van der Waals surface area contributed by atoms with Crippen LogP contribution in [0.5, 0.6) is 0 Å². The zero-order chi connectivity index (χ0) is 21.7. The molecule has 0 saturated carbocycles. The number of halogens is 2. The van der Waals surface area contributed by atoms with Crippen molar-refractivity contribution in [1.82, 2.24) is 4.90 Å². The normalized spacial score (nSPS) is 17.3. The lowest BCUT2D eigenvalue weighted by Crippen LogP contribution is -2.31. The smallest absolute Gasteiger partial charge is 0.284 e. The lowest BCUT2D eigenvalue weighted by Gasteiger charge is -2.15. The number of amides is 1. The van der Waals surface area contributed by atoms with Crippen LogP contribution in [-0.4, -0.2) is 44.7 Å². The molecule has 3 rings (SSSR count). The average Bonchev–Trinajstić information content (AvgIpc) is 3.00. The van der Waals surface area contributed by atoms with E-state index in [2.05, 4.69) is 4.40 Å². The maximum atomic E-state index is 14.4. The topological polar surface area (TPSA) is 76.0 Å². The number of carbonyl (C=O) groups is 1. The van der Waals surface area contributed by atoms with E-state index in [1.165, 1.54) is 23.1 Å². The summed E-state index contributed by atoms with van der Waals surface area (Å²) in [5, 5.41) is 0.0391. The number of hydrogen-bond acceptors (Lipinski definition) is 5. The van der Waals surface area contributed by atoms with Crippen LogP contribution in [-0.2, 0) is 19.6 Å². The fraction of sp³-hybridized carbons (Fsp3) is 0.200. The Bertz CT molecular complexity index is 1110. The van der Waals surface area contributed by atoms with Gasteiger partial charge >= 0.3 is 0 Å². The van der Waals surface area contributed by atoms with Crippen molar-refractivity contribution in [2.45, 2.75) is 11.3 Å². The molecule has 0 unspecified atom stereocenters. The van der Waals surface area contributed by atoms with Crippen molar-refractivity contribution in [3.05, 3.63) is 68.4 Å². The summed E-state index contributed by atoms with van der Waals surface area (Å²) in [6.45, 7) is 0.632. The molecule has 1 fully saturated rings. The molecule has 1 heterocycles. The highest BCUT2D eigenvalue weighted by molar-refractivity contribution is 14.1. The van der Waals surface area contributed by atoms with Gasteiger partial charge in [0, 0.05) is 29.4 Å². The predicted molar refractivity (Wildman–Crippen MR) is 124 cm³/mol. The van der Waals surface area contributed by atoms with Crippen molar-refractivity contribution in [3.63, 3.8) is 0 Å². The van der Waals surface area contributed by atoms with Gasteiger partial charge in [0.25, 0.3) is 15.9 Å². The van der Waals surface area contributed by atoms with Gasteiger partial charge in [-0.2, -0.15) is 8.42 Å². The summed E-state index contributed by atoms with van der Waals surface area (Å²) < 4.78 is 49.1. The molecule has 0 aliphatic carbocycles. The predicted octanol–water partition coefficient (Wildman–Crippen LogP) is 4.13. The minimum absolute atomic E-state index is 0.0310. The maximum Gasteiger partial charge on any atom is 0.284 e. The monoisotopic (exact) mass is 560 g/mol. The SMILES string of the molecule is COCCCN1C(=O)/C(=C/c2cccc(I)c2F)S/C1=N/S(=O)(=O)c1ccccc1. The second-order valence-electron chi connectivity index (χ2n) is 6.22. The van der Waals surface area contributed by atoms with Crippen LogP contribution in [0.2, 0.25) is 0 Å². The van der Waals surface area contributed by atoms with E-state index in [-0.39, 0.29) is 27.1 Å². The Morgan fingerprint density at radius 2 is 1.93 bits per heavy atom. The van der Waals surface area contributed by atoms with Crippen LogP contribution in [0.4, 0.5) is 4.39 Å². The second kappa shape index (κ2) is 10.0. The van der Waals surface area contributed by atoms with Crippen molar-refractivity contribution in [2.75, 3.05) is 20.3 Å². The van der Waals surface area contributed by atoms with Crippen LogP contribution < -0.4 is 0 Å². The third-order valence-electron chi connectivity index (χ3n) is 4.13. The molecule has 1 saturated heterocycles. The molecular formula is C20H18FIN2O4S2. The Morgan fingerprint density at radius 1 is 1.20 bits per heavy atom. The number of benzene rings is 2. The Balaban J connectivity index is 1.99. The Kier molecular flexibility index (Phi) is 7.66. The van der Waals surface area contributed by atoms with Crippen LogP contribution in [0, 0.1) is 9.39 Å². The minimum atomic E-state index is -4.00. The number of carbonyl (C=O) groups excluding carboxylic acids is 1. The van der Waals surface area contributed by atoms with Gasteiger partial charge in [-0.1, -0.05) is 30.3 Å². The zero-order valence-corrected chi connectivity index (χ0v) is 19.7. The lowest BCUT2D eigenvalue weighted by atomic mass is 10.2. The molecule has 1 aliphatic heterocycles. The maximum absolute atomic E-state index is 14.4. The first-order chi connectivity index (χ1) is 14.3. The van der Waals surface area contributed by atoms with Gasteiger partial charge in [-0.25, -0.2) is 4.39 Å². The number of nitrogens with zero attached hydrogens (tertiary/aromatic N) is 2. The van der Waals surface area contributed by atoms with Crippen molar-refractivity contribution in [3.8, 4) is 0 Å². The van der Waals surface area contributed by atoms with Gasteiger partial charge in [0.1, 0.15) is 5.82 Å². The average molecular weight is 560 g/mol. The van der Waals surface area contributed by atoms with Gasteiger partial charge in [-0.05, 0) is 65.0 Å². The lowest BCUT2D eigenvalue weighted by molar-refractivity contribution is -0.122. The molecule has 158 valence electrons. The van der Waals surface area contributed by atoms with E-state index in [4.69, 9.17) is 4.74 Å². The molecule has 0 bridgehead atoms. The Labute approximate surface area is 192 Å².